The summed E-state index contributed by atoms with van der Waals surface area (Å²) in [4.78, 5) is 21.3. The van der Waals surface area contributed by atoms with E-state index in [2.05, 4.69) is 17.1 Å². The van der Waals surface area contributed by atoms with E-state index in [0.29, 0.717) is 0 Å². The normalized spacial score (nSPS) is 14.8. The number of rotatable bonds is 6. The van der Waals surface area contributed by atoms with Gasteiger partial charge in [-0.3, -0.25) is 9.79 Å². The van der Waals surface area contributed by atoms with E-state index in [1.165, 1.54) is 12.1 Å². The third-order valence-corrected chi connectivity index (χ3v) is 5.10. The van der Waals surface area contributed by atoms with Crippen molar-refractivity contribution in [1.29, 1.82) is 0 Å². The highest BCUT2D eigenvalue weighted by Gasteiger charge is 2.20. The Kier molecular flexibility index (Phi) is 11.0. The van der Waals surface area contributed by atoms with Crippen molar-refractivity contribution in [2.45, 2.75) is 25.2 Å². The van der Waals surface area contributed by atoms with Gasteiger partial charge in [0.15, 0.2) is 5.96 Å². The summed E-state index contributed by atoms with van der Waals surface area (Å²) in [5.74, 6) is 1.82. The Labute approximate surface area is 176 Å². The molecule has 0 radical (unpaired) electrons. The molecule has 1 aromatic rings. The first kappa shape index (κ1) is 23.0. The number of hydrogen-bond acceptors (Lipinski definition) is 3. The SMILES string of the molecule is CCNC(=NCCCSc1ccc(F)cc1)N1CCN(C(C)=O)CC1.I. The predicted octanol–water partition coefficient (Wildman–Crippen LogP) is 3.06. The van der Waals surface area contributed by atoms with Gasteiger partial charge >= 0.3 is 0 Å². The number of aliphatic imine (C=N–C) groups is 1. The van der Waals surface area contributed by atoms with Crippen LogP contribution in [-0.2, 0) is 4.79 Å². The monoisotopic (exact) mass is 494 g/mol. The molecule has 1 aliphatic heterocycles. The zero-order chi connectivity index (χ0) is 18.1. The summed E-state index contributed by atoms with van der Waals surface area (Å²) in [7, 11) is 0. The Morgan fingerprint density at radius 3 is 2.38 bits per heavy atom. The molecule has 0 spiro atoms. The van der Waals surface area contributed by atoms with E-state index in [4.69, 9.17) is 4.99 Å². The van der Waals surface area contributed by atoms with Gasteiger partial charge in [0.25, 0.3) is 0 Å². The summed E-state index contributed by atoms with van der Waals surface area (Å²) in [5.41, 5.74) is 0. The average Bonchev–Trinajstić information content (AvgIpc) is 2.62. The van der Waals surface area contributed by atoms with Gasteiger partial charge in [-0.2, -0.15) is 0 Å². The largest absolute Gasteiger partial charge is 0.357 e. The number of halogens is 2. The Bertz CT molecular complexity index is 577. The lowest BCUT2D eigenvalue weighted by Crippen LogP contribution is -2.53. The highest BCUT2D eigenvalue weighted by atomic mass is 127. The number of benzene rings is 1. The minimum Gasteiger partial charge on any atom is -0.357 e. The van der Waals surface area contributed by atoms with Gasteiger partial charge in [-0.15, -0.1) is 35.7 Å². The third kappa shape index (κ3) is 7.69. The molecule has 8 heteroatoms. The molecule has 26 heavy (non-hydrogen) atoms. The van der Waals surface area contributed by atoms with Gasteiger partial charge in [-0.25, -0.2) is 4.39 Å². The number of guanidine groups is 1. The van der Waals surface area contributed by atoms with Gasteiger partial charge in [0, 0.05) is 51.1 Å². The fraction of sp³-hybridized carbons (Fsp3) is 0.556. The van der Waals surface area contributed by atoms with E-state index < -0.39 is 0 Å². The first-order valence-electron chi connectivity index (χ1n) is 8.77. The second kappa shape index (κ2) is 12.4. The predicted molar refractivity (Wildman–Crippen MR) is 117 cm³/mol. The van der Waals surface area contributed by atoms with Crippen molar-refractivity contribution in [1.82, 2.24) is 15.1 Å². The minimum absolute atomic E-state index is 0. The number of carbonyl (C=O) groups is 1. The molecule has 1 saturated heterocycles. The quantitative estimate of drug-likeness (QED) is 0.217. The number of hydrogen-bond donors (Lipinski definition) is 1. The van der Waals surface area contributed by atoms with E-state index in [0.717, 1.165) is 62.3 Å². The van der Waals surface area contributed by atoms with Crippen LogP contribution in [0.25, 0.3) is 0 Å². The van der Waals surface area contributed by atoms with E-state index in [9.17, 15) is 9.18 Å². The standard InChI is InChI=1S/C18H27FN4OS.HI/c1-3-20-18(23-12-10-22(11-13-23)15(2)24)21-9-4-14-25-17-7-5-16(19)6-8-17;/h5-8H,3-4,9-14H2,1-2H3,(H,20,21);1H. The van der Waals surface area contributed by atoms with Crippen LogP contribution in [0.15, 0.2) is 34.2 Å². The van der Waals surface area contributed by atoms with Crippen LogP contribution in [0.1, 0.15) is 20.3 Å². The second-order valence-electron chi connectivity index (χ2n) is 5.88. The molecule has 1 aliphatic rings. The summed E-state index contributed by atoms with van der Waals surface area (Å²) in [5, 5.41) is 3.34. The molecule has 0 saturated carbocycles. The molecule has 5 nitrogen and oxygen atoms in total. The zero-order valence-corrected chi connectivity index (χ0v) is 18.6. The summed E-state index contributed by atoms with van der Waals surface area (Å²) in [6.45, 7) is 8.39. The molecule has 1 N–H and O–H groups in total. The molecule has 1 aromatic carbocycles. The highest BCUT2D eigenvalue weighted by molar-refractivity contribution is 14.0. The second-order valence-corrected chi connectivity index (χ2v) is 7.05. The number of nitrogens with zero attached hydrogens (tertiary/aromatic N) is 3. The zero-order valence-electron chi connectivity index (χ0n) is 15.4. The van der Waals surface area contributed by atoms with Gasteiger partial charge in [0.05, 0.1) is 0 Å². The maximum Gasteiger partial charge on any atom is 0.219 e. The van der Waals surface area contributed by atoms with E-state index in [-0.39, 0.29) is 35.7 Å². The Hall–Kier alpha value is -1.03. The first-order chi connectivity index (χ1) is 12.1. The van der Waals surface area contributed by atoms with Gasteiger partial charge < -0.3 is 15.1 Å². The number of nitrogens with one attached hydrogen (secondary N) is 1. The average molecular weight is 494 g/mol. The number of amides is 1. The van der Waals surface area contributed by atoms with E-state index in [1.54, 1.807) is 18.7 Å². The van der Waals surface area contributed by atoms with Crippen molar-refractivity contribution in [2.24, 2.45) is 4.99 Å². The van der Waals surface area contributed by atoms with Gasteiger partial charge in [-0.1, -0.05) is 0 Å². The van der Waals surface area contributed by atoms with Crippen molar-refractivity contribution in [3.05, 3.63) is 30.1 Å². The lowest BCUT2D eigenvalue weighted by Gasteiger charge is -2.36. The van der Waals surface area contributed by atoms with Crippen LogP contribution in [0.2, 0.25) is 0 Å². The maximum atomic E-state index is 12.9. The lowest BCUT2D eigenvalue weighted by atomic mass is 10.3. The molecule has 0 bridgehead atoms. The fourth-order valence-electron chi connectivity index (χ4n) is 2.63. The topological polar surface area (TPSA) is 47.9 Å². The molecule has 1 amide bonds. The molecule has 1 heterocycles. The Morgan fingerprint density at radius 1 is 1.19 bits per heavy atom. The third-order valence-electron chi connectivity index (χ3n) is 4.01. The number of piperazine rings is 1. The van der Waals surface area contributed by atoms with Crippen molar-refractivity contribution >= 4 is 47.6 Å². The molecule has 0 unspecified atom stereocenters. The van der Waals surface area contributed by atoms with Crippen molar-refractivity contribution in [3.63, 3.8) is 0 Å². The van der Waals surface area contributed by atoms with Crippen molar-refractivity contribution < 1.29 is 9.18 Å². The highest BCUT2D eigenvalue weighted by Crippen LogP contribution is 2.18. The van der Waals surface area contributed by atoms with Crippen molar-refractivity contribution in [3.8, 4) is 0 Å². The first-order valence-corrected chi connectivity index (χ1v) is 9.76. The summed E-state index contributed by atoms with van der Waals surface area (Å²) in [6.07, 6.45) is 0.963. The van der Waals surface area contributed by atoms with Gasteiger partial charge in [-0.05, 0) is 43.4 Å². The van der Waals surface area contributed by atoms with Crippen LogP contribution >= 0.6 is 35.7 Å². The maximum absolute atomic E-state index is 12.9. The minimum atomic E-state index is -0.200. The van der Waals surface area contributed by atoms with Crippen LogP contribution in [0.5, 0.6) is 0 Å². The van der Waals surface area contributed by atoms with E-state index in [1.807, 2.05) is 17.0 Å². The molecule has 0 atom stereocenters. The van der Waals surface area contributed by atoms with Crippen LogP contribution in [0.4, 0.5) is 4.39 Å². The molecule has 1 fully saturated rings. The smallest absolute Gasteiger partial charge is 0.219 e. The molecular formula is C18H28FIN4OS. The van der Waals surface area contributed by atoms with E-state index >= 15 is 0 Å². The summed E-state index contributed by atoms with van der Waals surface area (Å²) < 4.78 is 12.9. The number of carbonyl (C=O) groups excluding carboxylic acids is 1. The number of thioether (sulfide) groups is 1. The Morgan fingerprint density at radius 2 is 1.81 bits per heavy atom. The van der Waals surface area contributed by atoms with Crippen LogP contribution in [0, 0.1) is 5.82 Å². The summed E-state index contributed by atoms with van der Waals surface area (Å²) >= 11 is 1.72. The van der Waals surface area contributed by atoms with Crippen LogP contribution in [-0.4, -0.2) is 66.7 Å². The molecule has 146 valence electrons. The Balaban J connectivity index is 0.00000338. The van der Waals surface area contributed by atoms with Crippen LogP contribution in [0.3, 0.4) is 0 Å². The van der Waals surface area contributed by atoms with Gasteiger partial charge in [0.2, 0.25) is 5.91 Å². The van der Waals surface area contributed by atoms with Crippen molar-refractivity contribution in [2.75, 3.05) is 45.0 Å². The molecule has 0 aromatic heterocycles. The molecule has 0 aliphatic carbocycles. The summed E-state index contributed by atoms with van der Waals surface area (Å²) in [6, 6.07) is 6.60. The van der Waals surface area contributed by atoms with Crippen LogP contribution < -0.4 is 5.32 Å². The fourth-order valence-corrected chi connectivity index (χ4v) is 3.47. The van der Waals surface area contributed by atoms with Gasteiger partial charge in [0.1, 0.15) is 5.82 Å². The molecular weight excluding hydrogens is 466 g/mol. The molecule has 2 rings (SSSR count). The lowest BCUT2D eigenvalue weighted by molar-refractivity contribution is -0.130.